The fraction of sp³-hybridized carbons (Fsp3) is 0.533. The van der Waals surface area contributed by atoms with E-state index in [1.54, 1.807) is 0 Å². The summed E-state index contributed by atoms with van der Waals surface area (Å²) in [4.78, 5) is 16.1. The van der Waals surface area contributed by atoms with Crippen molar-refractivity contribution in [3.8, 4) is 5.75 Å². The van der Waals surface area contributed by atoms with Gasteiger partial charge in [0.05, 0.1) is 13.0 Å². The van der Waals surface area contributed by atoms with Crippen LogP contribution in [0.3, 0.4) is 0 Å². The first-order valence-electron chi connectivity index (χ1n) is 6.81. The number of hydrogen-bond acceptors (Lipinski definition) is 3. The summed E-state index contributed by atoms with van der Waals surface area (Å²) >= 11 is 0. The van der Waals surface area contributed by atoms with E-state index in [-0.39, 0.29) is 5.91 Å². The third-order valence-corrected chi connectivity index (χ3v) is 3.46. The summed E-state index contributed by atoms with van der Waals surface area (Å²) < 4.78 is 5.59. The second-order valence-corrected chi connectivity index (χ2v) is 5.10. The average molecular weight is 262 g/mol. The molecule has 4 heteroatoms. The Morgan fingerprint density at radius 1 is 1.16 bits per heavy atom. The highest BCUT2D eigenvalue weighted by atomic mass is 16.5. The Morgan fingerprint density at radius 3 is 2.42 bits per heavy atom. The molecule has 1 aromatic carbocycles. The number of amides is 1. The second-order valence-electron chi connectivity index (χ2n) is 5.10. The van der Waals surface area contributed by atoms with Crippen molar-refractivity contribution in [2.45, 2.75) is 13.3 Å². The highest BCUT2D eigenvalue weighted by molar-refractivity contribution is 5.76. The molecule has 1 aliphatic heterocycles. The number of rotatable bonds is 4. The van der Waals surface area contributed by atoms with Gasteiger partial charge in [0.1, 0.15) is 5.75 Å². The van der Waals surface area contributed by atoms with Crippen LogP contribution in [0.5, 0.6) is 5.75 Å². The molecule has 1 aromatic rings. The largest absolute Gasteiger partial charge is 0.493 e. The summed E-state index contributed by atoms with van der Waals surface area (Å²) in [6, 6.07) is 7.90. The summed E-state index contributed by atoms with van der Waals surface area (Å²) in [6.45, 7) is 6.09. The number of likely N-dealkylation sites (N-methyl/N-ethyl adjacent to an activating group) is 1. The highest BCUT2D eigenvalue weighted by Gasteiger charge is 2.18. The maximum Gasteiger partial charge on any atom is 0.226 e. The van der Waals surface area contributed by atoms with Gasteiger partial charge < -0.3 is 14.5 Å². The standard InChI is InChI=1S/C15H22N2O2/c1-13-3-5-14(6-4-13)19-12-7-15(18)17-10-8-16(2)9-11-17/h3-6H,7-12H2,1-2H3. The molecule has 1 aliphatic rings. The number of aryl methyl sites for hydroxylation is 1. The molecule has 0 saturated carbocycles. The SMILES string of the molecule is Cc1ccc(OCCC(=O)N2CCN(C)CC2)cc1. The molecule has 0 aromatic heterocycles. The normalized spacial score (nSPS) is 16.4. The number of hydrogen-bond donors (Lipinski definition) is 0. The minimum Gasteiger partial charge on any atom is -0.493 e. The van der Waals surface area contributed by atoms with Crippen LogP contribution in [0.15, 0.2) is 24.3 Å². The van der Waals surface area contributed by atoms with E-state index in [0.717, 1.165) is 31.9 Å². The van der Waals surface area contributed by atoms with Crippen molar-refractivity contribution in [1.29, 1.82) is 0 Å². The molecule has 104 valence electrons. The van der Waals surface area contributed by atoms with Crippen LogP contribution in [-0.4, -0.2) is 55.5 Å². The summed E-state index contributed by atoms with van der Waals surface area (Å²) in [5, 5.41) is 0. The molecule has 19 heavy (non-hydrogen) atoms. The Morgan fingerprint density at radius 2 is 1.79 bits per heavy atom. The number of benzene rings is 1. The van der Waals surface area contributed by atoms with Crippen molar-refractivity contribution in [1.82, 2.24) is 9.80 Å². The van der Waals surface area contributed by atoms with E-state index in [1.807, 2.05) is 36.1 Å². The van der Waals surface area contributed by atoms with Crippen LogP contribution < -0.4 is 4.74 Å². The molecule has 0 spiro atoms. The smallest absolute Gasteiger partial charge is 0.226 e. The molecule has 0 atom stereocenters. The van der Waals surface area contributed by atoms with Crippen molar-refractivity contribution >= 4 is 5.91 Å². The van der Waals surface area contributed by atoms with Crippen molar-refractivity contribution in [2.24, 2.45) is 0 Å². The molecule has 1 saturated heterocycles. The van der Waals surface area contributed by atoms with Gasteiger partial charge in [-0.15, -0.1) is 0 Å². The van der Waals surface area contributed by atoms with Crippen molar-refractivity contribution in [3.63, 3.8) is 0 Å². The maximum absolute atomic E-state index is 12.0. The molecule has 0 unspecified atom stereocenters. The van der Waals surface area contributed by atoms with E-state index in [0.29, 0.717) is 13.0 Å². The highest BCUT2D eigenvalue weighted by Crippen LogP contribution is 2.12. The van der Waals surface area contributed by atoms with Gasteiger partial charge in [0.2, 0.25) is 5.91 Å². The van der Waals surface area contributed by atoms with Crippen LogP contribution in [0.25, 0.3) is 0 Å². The molecular formula is C15H22N2O2. The monoisotopic (exact) mass is 262 g/mol. The number of piperazine rings is 1. The Kier molecular flexibility index (Phi) is 4.80. The Balaban J connectivity index is 1.70. The lowest BCUT2D eigenvalue weighted by Gasteiger charge is -2.32. The molecule has 4 nitrogen and oxygen atoms in total. The van der Waals surface area contributed by atoms with Gasteiger partial charge in [0, 0.05) is 26.2 Å². The van der Waals surface area contributed by atoms with E-state index in [2.05, 4.69) is 11.9 Å². The predicted molar refractivity (Wildman–Crippen MR) is 75.4 cm³/mol. The predicted octanol–water partition coefficient (Wildman–Crippen LogP) is 1.54. The van der Waals surface area contributed by atoms with Crippen LogP contribution in [0.4, 0.5) is 0 Å². The zero-order valence-corrected chi connectivity index (χ0v) is 11.8. The minimum absolute atomic E-state index is 0.195. The topological polar surface area (TPSA) is 32.8 Å². The van der Waals surface area contributed by atoms with Gasteiger partial charge in [-0.25, -0.2) is 0 Å². The number of ether oxygens (including phenoxy) is 1. The van der Waals surface area contributed by atoms with Crippen LogP contribution >= 0.6 is 0 Å². The van der Waals surface area contributed by atoms with Gasteiger partial charge >= 0.3 is 0 Å². The third-order valence-electron chi connectivity index (χ3n) is 3.46. The van der Waals surface area contributed by atoms with Crippen molar-refractivity contribution < 1.29 is 9.53 Å². The van der Waals surface area contributed by atoms with E-state index in [9.17, 15) is 4.79 Å². The molecule has 1 amide bonds. The average Bonchev–Trinajstić information content (AvgIpc) is 2.41. The molecule has 0 bridgehead atoms. The van der Waals surface area contributed by atoms with Crippen molar-refractivity contribution in [2.75, 3.05) is 39.8 Å². The first-order chi connectivity index (χ1) is 9.15. The van der Waals surface area contributed by atoms with Gasteiger partial charge in [-0.05, 0) is 26.1 Å². The number of carbonyl (C=O) groups is 1. The zero-order valence-electron chi connectivity index (χ0n) is 11.8. The number of carbonyl (C=O) groups excluding carboxylic acids is 1. The first-order valence-corrected chi connectivity index (χ1v) is 6.81. The fourth-order valence-corrected chi connectivity index (χ4v) is 2.10. The molecule has 0 radical (unpaired) electrons. The lowest BCUT2D eigenvalue weighted by atomic mass is 10.2. The summed E-state index contributed by atoms with van der Waals surface area (Å²) in [5.41, 5.74) is 1.21. The molecule has 0 aliphatic carbocycles. The van der Waals surface area contributed by atoms with Gasteiger partial charge in [-0.3, -0.25) is 4.79 Å². The lowest BCUT2D eigenvalue weighted by Crippen LogP contribution is -2.47. The Labute approximate surface area is 115 Å². The molecule has 1 fully saturated rings. The Bertz CT molecular complexity index is 409. The summed E-state index contributed by atoms with van der Waals surface area (Å²) in [7, 11) is 2.09. The quantitative estimate of drug-likeness (QED) is 0.825. The van der Waals surface area contributed by atoms with Crippen LogP contribution in [-0.2, 0) is 4.79 Å². The third kappa shape index (κ3) is 4.24. The maximum atomic E-state index is 12.0. The summed E-state index contributed by atoms with van der Waals surface area (Å²) in [5.74, 6) is 1.02. The molecular weight excluding hydrogens is 240 g/mol. The first kappa shape index (κ1) is 13.9. The van der Waals surface area contributed by atoms with Crippen LogP contribution in [0.2, 0.25) is 0 Å². The van der Waals surface area contributed by atoms with E-state index in [1.165, 1.54) is 5.56 Å². The second kappa shape index (κ2) is 6.57. The summed E-state index contributed by atoms with van der Waals surface area (Å²) in [6.07, 6.45) is 0.456. The zero-order chi connectivity index (χ0) is 13.7. The van der Waals surface area contributed by atoms with Gasteiger partial charge in [0.15, 0.2) is 0 Å². The van der Waals surface area contributed by atoms with Crippen LogP contribution in [0, 0.1) is 6.92 Å². The molecule has 1 heterocycles. The van der Waals surface area contributed by atoms with Gasteiger partial charge in [-0.1, -0.05) is 17.7 Å². The molecule has 2 rings (SSSR count). The fourth-order valence-electron chi connectivity index (χ4n) is 2.10. The van der Waals surface area contributed by atoms with Gasteiger partial charge in [-0.2, -0.15) is 0 Å². The minimum atomic E-state index is 0.195. The molecule has 0 N–H and O–H groups in total. The number of nitrogens with zero attached hydrogens (tertiary/aromatic N) is 2. The van der Waals surface area contributed by atoms with Crippen molar-refractivity contribution in [3.05, 3.63) is 29.8 Å². The van der Waals surface area contributed by atoms with E-state index in [4.69, 9.17) is 4.74 Å². The van der Waals surface area contributed by atoms with E-state index < -0.39 is 0 Å². The lowest BCUT2D eigenvalue weighted by molar-refractivity contribution is -0.133. The van der Waals surface area contributed by atoms with E-state index >= 15 is 0 Å². The van der Waals surface area contributed by atoms with Gasteiger partial charge in [0.25, 0.3) is 0 Å². The van der Waals surface area contributed by atoms with Crippen LogP contribution in [0.1, 0.15) is 12.0 Å². The Hall–Kier alpha value is -1.55.